The normalized spacial score (nSPS) is 12.6. The van der Waals surface area contributed by atoms with Gasteiger partial charge in [-0.25, -0.2) is 0 Å². The Bertz CT molecular complexity index is 507. The van der Waals surface area contributed by atoms with E-state index in [0.29, 0.717) is 0 Å². The molecule has 0 saturated carbocycles. The summed E-state index contributed by atoms with van der Waals surface area (Å²) in [6, 6.07) is 12.3. The molecule has 1 N–H and O–H groups in total. The predicted octanol–water partition coefficient (Wildman–Crippen LogP) is 3.28. The van der Waals surface area contributed by atoms with Crippen molar-refractivity contribution < 1.29 is 0 Å². The lowest BCUT2D eigenvalue weighted by Crippen LogP contribution is -2.20. The van der Waals surface area contributed by atoms with E-state index in [1.54, 1.807) is 0 Å². The molecular weight excluding hydrogens is 258 g/mol. The van der Waals surface area contributed by atoms with Gasteiger partial charge in [0.25, 0.3) is 0 Å². The predicted molar refractivity (Wildman–Crippen MR) is 79.4 cm³/mol. The highest BCUT2D eigenvalue weighted by Crippen LogP contribution is 2.18. The zero-order valence-electron chi connectivity index (χ0n) is 11.4. The molecule has 3 nitrogen and oxygen atoms in total. The molecule has 1 atom stereocenters. The number of benzene rings is 1. The van der Waals surface area contributed by atoms with Gasteiger partial charge in [0.1, 0.15) is 0 Å². The number of aromatic nitrogens is 2. The molecule has 0 radical (unpaired) electrons. The van der Waals surface area contributed by atoms with Crippen LogP contribution >= 0.6 is 11.6 Å². The first-order valence-corrected chi connectivity index (χ1v) is 7.07. The van der Waals surface area contributed by atoms with Crippen LogP contribution in [0.2, 0.25) is 0 Å². The number of alkyl halides is 1. The summed E-state index contributed by atoms with van der Waals surface area (Å²) in [5.41, 5.74) is 3.41. The quantitative estimate of drug-likeness (QED) is 0.821. The van der Waals surface area contributed by atoms with E-state index in [2.05, 4.69) is 35.5 Å². The number of hydrogen-bond donors (Lipinski definition) is 1. The molecule has 0 saturated heterocycles. The van der Waals surface area contributed by atoms with Crippen molar-refractivity contribution >= 4 is 11.6 Å². The molecule has 0 amide bonds. The second-order valence-electron chi connectivity index (χ2n) is 4.60. The number of aryl methyl sites for hydroxylation is 2. The second kappa shape index (κ2) is 6.73. The molecule has 0 bridgehead atoms. The van der Waals surface area contributed by atoms with E-state index in [4.69, 9.17) is 11.6 Å². The molecule has 2 rings (SSSR count). The standard InChI is InChI=1S/C15H20ClN3/c1-3-19-14(9-12(2)18-19)10-17-11-15(16)13-7-5-4-6-8-13/h4-9,15,17H,3,10-11H2,1-2H3. The maximum absolute atomic E-state index is 6.37. The van der Waals surface area contributed by atoms with Gasteiger partial charge in [-0.2, -0.15) is 5.10 Å². The number of nitrogens with one attached hydrogen (secondary N) is 1. The lowest BCUT2D eigenvalue weighted by molar-refractivity contribution is 0.577. The van der Waals surface area contributed by atoms with Gasteiger partial charge in [0, 0.05) is 19.6 Å². The van der Waals surface area contributed by atoms with Crippen LogP contribution in [-0.2, 0) is 13.1 Å². The van der Waals surface area contributed by atoms with Gasteiger partial charge < -0.3 is 5.32 Å². The fraction of sp³-hybridized carbons (Fsp3) is 0.400. The summed E-state index contributed by atoms with van der Waals surface area (Å²) in [6.45, 7) is 6.56. The van der Waals surface area contributed by atoms with Gasteiger partial charge in [0.15, 0.2) is 0 Å². The van der Waals surface area contributed by atoms with E-state index < -0.39 is 0 Å². The molecular formula is C15H20ClN3. The molecule has 1 aromatic carbocycles. The summed E-state index contributed by atoms with van der Waals surface area (Å²) in [5, 5.41) is 7.82. The Kier molecular flexibility index (Phi) is 5.00. The molecule has 19 heavy (non-hydrogen) atoms. The van der Waals surface area contributed by atoms with Crippen LogP contribution in [0.15, 0.2) is 36.4 Å². The van der Waals surface area contributed by atoms with Crippen LogP contribution in [0.4, 0.5) is 0 Å². The third kappa shape index (κ3) is 3.82. The van der Waals surface area contributed by atoms with Crippen LogP contribution in [0.5, 0.6) is 0 Å². The number of nitrogens with zero attached hydrogens (tertiary/aromatic N) is 2. The third-order valence-corrected chi connectivity index (χ3v) is 3.48. The molecule has 1 unspecified atom stereocenters. The van der Waals surface area contributed by atoms with E-state index in [1.165, 1.54) is 5.69 Å². The number of halogens is 1. The third-order valence-electron chi connectivity index (χ3n) is 3.08. The summed E-state index contributed by atoms with van der Waals surface area (Å²) >= 11 is 6.37. The Balaban J connectivity index is 1.86. The highest BCUT2D eigenvalue weighted by molar-refractivity contribution is 6.21. The minimum absolute atomic E-state index is 0.000273. The molecule has 0 aliphatic heterocycles. The second-order valence-corrected chi connectivity index (χ2v) is 5.13. The van der Waals surface area contributed by atoms with Gasteiger partial charge in [0.05, 0.1) is 16.8 Å². The Morgan fingerprint density at radius 2 is 2.05 bits per heavy atom. The van der Waals surface area contributed by atoms with Gasteiger partial charge in [-0.15, -0.1) is 11.6 Å². The summed E-state index contributed by atoms with van der Waals surface area (Å²) in [7, 11) is 0. The van der Waals surface area contributed by atoms with Crippen molar-refractivity contribution in [3.8, 4) is 0 Å². The average molecular weight is 278 g/mol. The zero-order valence-corrected chi connectivity index (χ0v) is 12.2. The van der Waals surface area contributed by atoms with Gasteiger partial charge in [-0.3, -0.25) is 4.68 Å². The Hall–Kier alpha value is -1.32. The minimum Gasteiger partial charge on any atom is -0.309 e. The summed E-state index contributed by atoms with van der Waals surface area (Å²) in [4.78, 5) is 0. The molecule has 0 spiro atoms. The number of rotatable bonds is 6. The fourth-order valence-electron chi connectivity index (χ4n) is 2.12. The van der Waals surface area contributed by atoms with Crippen molar-refractivity contribution in [3.63, 3.8) is 0 Å². The molecule has 0 fully saturated rings. The van der Waals surface area contributed by atoms with E-state index in [1.807, 2.05) is 29.8 Å². The van der Waals surface area contributed by atoms with Gasteiger partial charge in [0.2, 0.25) is 0 Å². The Labute approximate surface area is 119 Å². The molecule has 1 heterocycles. The molecule has 102 valence electrons. The molecule has 0 aliphatic rings. The zero-order chi connectivity index (χ0) is 13.7. The van der Waals surface area contributed by atoms with Gasteiger partial charge in [-0.1, -0.05) is 30.3 Å². The highest BCUT2D eigenvalue weighted by atomic mass is 35.5. The van der Waals surface area contributed by atoms with Crippen LogP contribution in [0.25, 0.3) is 0 Å². The molecule has 0 aliphatic carbocycles. The van der Waals surface area contributed by atoms with Gasteiger partial charge >= 0.3 is 0 Å². The molecule has 1 aromatic heterocycles. The van der Waals surface area contributed by atoms with Crippen LogP contribution in [0, 0.1) is 6.92 Å². The van der Waals surface area contributed by atoms with Crippen molar-refractivity contribution in [2.75, 3.05) is 6.54 Å². The Morgan fingerprint density at radius 3 is 2.74 bits per heavy atom. The van der Waals surface area contributed by atoms with Crippen molar-refractivity contribution in [1.82, 2.24) is 15.1 Å². The van der Waals surface area contributed by atoms with E-state index in [0.717, 1.165) is 30.9 Å². The number of hydrogen-bond acceptors (Lipinski definition) is 2. The first-order chi connectivity index (χ1) is 9.20. The van der Waals surface area contributed by atoms with Crippen LogP contribution in [-0.4, -0.2) is 16.3 Å². The van der Waals surface area contributed by atoms with Crippen molar-refractivity contribution in [1.29, 1.82) is 0 Å². The largest absolute Gasteiger partial charge is 0.309 e. The maximum Gasteiger partial charge on any atom is 0.0709 e. The summed E-state index contributed by atoms with van der Waals surface area (Å²) in [5.74, 6) is 0. The SMILES string of the molecule is CCn1nc(C)cc1CNCC(Cl)c1ccccc1. The maximum atomic E-state index is 6.37. The van der Waals surface area contributed by atoms with E-state index in [9.17, 15) is 0 Å². The smallest absolute Gasteiger partial charge is 0.0709 e. The Morgan fingerprint density at radius 1 is 1.32 bits per heavy atom. The monoisotopic (exact) mass is 277 g/mol. The fourth-order valence-corrected chi connectivity index (χ4v) is 2.38. The lowest BCUT2D eigenvalue weighted by Gasteiger charge is -2.11. The van der Waals surface area contributed by atoms with E-state index >= 15 is 0 Å². The summed E-state index contributed by atoms with van der Waals surface area (Å²) in [6.07, 6.45) is 0. The first-order valence-electron chi connectivity index (χ1n) is 6.63. The minimum atomic E-state index is 0.000273. The van der Waals surface area contributed by atoms with Crippen LogP contribution in [0.1, 0.15) is 29.3 Å². The molecule has 4 heteroatoms. The lowest BCUT2D eigenvalue weighted by atomic mass is 10.1. The van der Waals surface area contributed by atoms with Crippen molar-refractivity contribution in [2.24, 2.45) is 0 Å². The topological polar surface area (TPSA) is 29.9 Å². The molecule has 2 aromatic rings. The van der Waals surface area contributed by atoms with E-state index in [-0.39, 0.29) is 5.38 Å². The van der Waals surface area contributed by atoms with Crippen molar-refractivity contribution in [3.05, 3.63) is 53.3 Å². The first kappa shape index (κ1) is 14.1. The summed E-state index contributed by atoms with van der Waals surface area (Å²) < 4.78 is 2.02. The average Bonchev–Trinajstić information content (AvgIpc) is 2.80. The van der Waals surface area contributed by atoms with Crippen LogP contribution in [0.3, 0.4) is 0 Å². The van der Waals surface area contributed by atoms with Crippen molar-refractivity contribution in [2.45, 2.75) is 32.3 Å². The van der Waals surface area contributed by atoms with Crippen LogP contribution < -0.4 is 5.32 Å². The highest BCUT2D eigenvalue weighted by Gasteiger charge is 2.08. The van der Waals surface area contributed by atoms with Gasteiger partial charge in [-0.05, 0) is 25.5 Å².